The van der Waals surface area contributed by atoms with Gasteiger partial charge in [-0.25, -0.2) is 0 Å². The van der Waals surface area contributed by atoms with E-state index in [0.29, 0.717) is 12.8 Å². The van der Waals surface area contributed by atoms with Crippen molar-refractivity contribution in [1.29, 1.82) is 0 Å². The Labute approximate surface area is 381 Å². The maximum absolute atomic E-state index is 12.8. The minimum absolute atomic E-state index is 0.0311. The Morgan fingerprint density at radius 1 is 0.500 bits per heavy atom. The number of quaternary nitrogens is 1. The molecule has 2 unspecified atom stereocenters. The Bertz CT molecular complexity index is 1240. The van der Waals surface area contributed by atoms with Gasteiger partial charge in [-0.2, -0.15) is 0 Å². The van der Waals surface area contributed by atoms with Gasteiger partial charge in [-0.15, -0.1) is 0 Å². The van der Waals surface area contributed by atoms with Crippen LogP contribution in [0.3, 0.4) is 0 Å². The molecular weight excluding hydrogens is 775 g/mol. The first kappa shape index (κ1) is 58.8. The van der Waals surface area contributed by atoms with Crippen molar-refractivity contribution in [3.8, 4) is 0 Å². The van der Waals surface area contributed by atoms with Crippen molar-refractivity contribution in [2.75, 3.05) is 41.0 Å². The molecule has 0 N–H and O–H groups in total. The van der Waals surface area contributed by atoms with Crippen molar-refractivity contribution in [1.82, 2.24) is 0 Å². The smallest absolute Gasteiger partial charge is 0.306 e. The lowest BCUT2D eigenvalue weighted by molar-refractivity contribution is -0.889. The molecule has 0 saturated carbocycles. The molecule has 0 aliphatic rings. The third kappa shape index (κ3) is 42.1. The Morgan fingerprint density at radius 2 is 0.903 bits per heavy atom. The Hall–Kier alpha value is -3.23. The van der Waals surface area contributed by atoms with E-state index in [9.17, 15) is 19.5 Å². The number of allylic oxidation sites excluding steroid dienone is 12. The second-order valence-corrected chi connectivity index (χ2v) is 17.7. The molecule has 0 heterocycles. The van der Waals surface area contributed by atoms with Crippen LogP contribution in [0.5, 0.6) is 0 Å². The largest absolute Gasteiger partial charge is 0.544 e. The van der Waals surface area contributed by atoms with Crippen LogP contribution in [-0.2, 0) is 28.6 Å². The van der Waals surface area contributed by atoms with E-state index in [4.69, 9.17) is 14.2 Å². The second kappa shape index (κ2) is 44.4. The fourth-order valence-electron chi connectivity index (χ4n) is 7.02. The summed E-state index contributed by atoms with van der Waals surface area (Å²) in [5.41, 5.74) is 0. The van der Waals surface area contributed by atoms with E-state index >= 15 is 0 Å². The molecule has 0 amide bonds. The number of nitrogens with zero attached hydrogens (tertiary/aromatic N) is 1. The van der Waals surface area contributed by atoms with Crippen molar-refractivity contribution >= 4 is 17.9 Å². The van der Waals surface area contributed by atoms with Gasteiger partial charge in [0.05, 0.1) is 40.3 Å². The van der Waals surface area contributed by atoms with E-state index in [-0.39, 0.29) is 42.7 Å². The van der Waals surface area contributed by atoms with Gasteiger partial charge in [-0.3, -0.25) is 9.59 Å². The summed E-state index contributed by atoms with van der Waals surface area (Å²) in [4.78, 5) is 37.0. The predicted octanol–water partition coefficient (Wildman–Crippen LogP) is 13.0. The van der Waals surface area contributed by atoms with Gasteiger partial charge in [0.15, 0.2) is 6.10 Å². The highest BCUT2D eigenvalue weighted by Gasteiger charge is 2.25. The average Bonchev–Trinajstić information content (AvgIpc) is 3.23. The van der Waals surface area contributed by atoms with Crippen molar-refractivity contribution in [2.24, 2.45) is 0 Å². The number of likely N-dealkylation sites (N-methyl/N-ethyl adjacent to an activating group) is 1. The van der Waals surface area contributed by atoms with Crippen LogP contribution in [0.4, 0.5) is 0 Å². The van der Waals surface area contributed by atoms with Gasteiger partial charge in [0.25, 0.3) is 0 Å². The predicted molar refractivity (Wildman–Crippen MR) is 259 cm³/mol. The van der Waals surface area contributed by atoms with Crippen molar-refractivity contribution in [3.05, 3.63) is 72.9 Å². The molecule has 62 heavy (non-hydrogen) atoms. The number of esters is 2. The summed E-state index contributed by atoms with van der Waals surface area (Å²) >= 11 is 0. The van der Waals surface area contributed by atoms with Gasteiger partial charge < -0.3 is 28.6 Å². The Kier molecular flexibility index (Phi) is 42.1. The van der Waals surface area contributed by atoms with Crippen LogP contribution in [0.15, 0.2) is 72.9 Å². The molecule has 8 heteroatoms. The fourth-order valence-corrected chi connectivity index (χ4v) is 7.02. The number of hydrogen-bond donors (Lipinski definition) is 0. The summed E-state index contributed by atoms with van der Waals surface area (Å²) in [5, 5.41) is 11.7. The number of carboxylic acids is 1. The zero-order chi connectivity index (χ0) is 45.6. The standard InChI is InChI=1S/C54H93NO7/c1-6-8-10-12-14-16-18-20-22-23-24-25-26-27-28-29-31-32-34-36-38-40-42-44-52(56)61-49-50(48-60-47-46-51(54(58)59)55(3,4)5)62-53(57)45-43-41-39-37-35-33-30-21-19-17-15-13-11-9-7-2/h8,10,14,16,20,22,24-25,27-28,31-32,50-51H,6-7,9,11-13,15,17-19,21,23,26,29-30,33-49H2,1-5H3/b10-8+,16-14+,22-20+,25-24+,28-27+,32-31+. The van der Waals surface area contributed by atoms with E-state index in [1.165, 1.54) is 77.0 Å². The number of ether oxygens (including phenoxy) is 3. The first-order valence-electron chi connectivity index (χ1n) is 25.0. The molecule has 8 nitrogen and oxygen atoms in total. The van der Waals surface area contributed by atoms with Crippen molar-refractivity contribution in [3.63, 3.8) is 0 Å². The molecule has 0 fully saturated rings. The Balaban J connectivity index is 4.31. The van der Waals surface area contributed by atoms with E-state index in [0.717, 1.165) is 89.9 Å². The van der Waals surface area contributed by atoms with E-state index in [1.54, 1.807) is 21.1 Å². The van der Waals surface area contributed by atoms with Crippen LogP contribution < -0.4 is 5.11 Å². The SMILES string of the molecule is CC/C=C/C/C=C/C/C=C/C/C=C/C/C=C/C/C=C/CCCCCCC(=O)OCC(COCCC(C(=O)[O-])[N+](C)(C)C)OC(=O)CCCCCCCCCCCCCCCCC. The van der Waals surface area contributed by atoms with Gasteiger partial charge in [0.2, 0.25) is 0 Å². The maximum Gasteiger partial charge on any atom is 0.306 e. The number of carboxylic acid groups (broad SMARTS) is 1. The van der Waals surface area contributed by atoms with Crippen LogP contribution in [0.2, 0.25) is 0 Å². The molecular formula is C54H93NO7. The highest BCUT2D eigenvalue weighted by Crippen LogP contribution is 2.15. The minimum atomic E-state index is -1.13. The number of carbonyl (C=O) groups excluding carboxylic acids is 3. The van der Waals surface area contributed by atoms with Gasteiger partial charge in [0, 0.05) is 19.3 Å². The summed E-state index contributed by atoms with van der Waals surface area (Å²) in [6, 6.07) is -0.732. The quantitative estimate of drug-likeness (QED) is 0.0260. The third-order valence-corrected chi connectivity index (χ3v) is 10.9. The molecule has 0 aliphatic heterocycles. The first-order valence-corrected chi connectivity index (χ1v) is 25.0. The number of hydrogen-bond acceptors (Lipinski definition) is 7. The van der Waals surface area contributed by atoms with E-state index in [1.807, 2.05) is 0 Å². The van der Waals surface area contributed by atoms with E-state index < -0.39 is 18.1 Å². The number of rotatable bonds is 44. The first-order chi connectivity index (χ1) is 30.1. The molecule has 0 aliphatic carbocycles. The zero-order valence-corrected chi connectivity index (χ0v) is 40.5. The number of carbonyl (C=O) groups is 3. The Morgan fingerprint density at radius 3 is 1.34 bits per heavy atom. The molecule has 0 saturated heterocycles. The fraction of sp³-hybridized carbons (Fsp3) is 0.722. The number of unbranched alkanes of at least 4 members (excludes halogenated alkanes) is 18. The third-order valence-electron chi connectivity index (χ3n) is 10.9. The molecule has 0 bridgehead atoms. The molecule has 0 aromatic carbocycles. The van der Waals surface area contributed by atoms with Crippen LogP contribution in [-0.4, -0.2) is 75.5 Å². The maximum atomic E-state index is 12.8. The summed E-state index contributed by atoms with van der Waals surface area (Å²) in [6.07, 6.45) is 56.4. The monoisotopic (exact) mass is 868 g/mol. The average molecular weight is 868 g/mol. The normalized spacial score (nSPS) is 13.5. The molecule has 356 valence electrons. The van der Waals surface area contributed by atoms with Crippen LogP contribution >= 0.6 is 0 Å². The molecule has 2 atom stereocenters. The summed E-state index contributed by atoms with van der Waals surface area (Å²) in [5.74, 6) is -1.77. The lowest BCUT2D eigenvalue weighted by atomic mass is 10.0. The molecule has 0 radical (unpaired) electrons. The topological polar surface area (TPSA) is 102 Å². The lowest BCUT2D eigenvalue weighted by Gasteiger charge is -2.34. The van der Waals surface area contributed by atoms with Gasteiger partial charge in [0.1, 0.15) is 12.6 Å². The van der Waals surface area contributed by atoms with Crippen molar-refractivity contribution < 1.29 is 38.2 Å². The highest BCUT2D eigenvalue weighted by atomic mass is 16.6. The van der Waals surface area contributed by atoms with Gasteiger partial charge >= 0.3 is 11.9 Å². The van der Waals surface area contributed by atoms with Crippen LogP contribution in [0.1, 0.15) is 200 Å². The van der Waals surface area contributed by atoms with E-state index in [2.05, 4.69) is 86.8 Å². The van der Waals surface area contributed by atoms with Crippen LogP contribution in [0, 0.1) is 0 Å². The lowest BCUT2D eigenvalue weighted by Crippen LogP contribution is -2.55. The highest BCUT2D eigenvalue weighted by molar-refractivity contribution is 5.70. The summed E-state index contributed by atoms with van der Waals surface area (Å²) < 4.78 is 17.2. The van der Waals surface area contributed by atoms with Gasteiger partial charge in [-0.1, -0.05) is 189 Å². The second-order valence-electron chi connectivity index (χ2n) is 17.7. The van der Waals surface area contributed by atoms with Crippen molar-refractivity contribution in [2.45, 2.75) is 212 Å². The van der Waals surface area contributed by atoms with Crippen LogP contribution in [0.25, 0.3) is 0 Å². The summed E-state index contributed by atoms with van der Waals surface area (Å²) in [6.45, 7) is 4.53. The molecule has 0 aromatic rings. The molecule has 0 spiro atoms. The zero-order valence-electron chi connectivity index (χ0n) is 40.5. The van der Waals surface area contributed by atoms with Gasteiger partial charge in [-0.05, 0) is 64.2 Å². The molecule has 0 aromatic heterocycles. The molecule has 0 rings (SSSR count). The summed E-state index contributed by atoms with van der Waals surface area (Å²) in [7, 11) is 5.40. The number of aliphatic carboxylic acids is 1. The minimum Gasteiger partial charge on any atom is -0.544 e.